The van der Waals surface area contributed by atoms with Gasteiger partial charge in [0.1, 0.15) is 17.4 Å². The number of benzene rings is 2. The first kappa shape index (κ1) is 12.8. The highest BCUT2D eigenvalue weighted by Gasteiger charge is 2.23. The van der Waals surface area contributed by atoms with Crippen molar-refractivity contribution < 1.29 is 18.3 Å². The van der Waals surface area contributed by atoms with Crippen molar-refractivity contribution in [2.24, 2.45) is 0 Å². The quantitative estimate of drug-likeness (QED) is 0.794. The maximum Gasteiger partial charge on any atom is 0.196 e. The average molecular weight is 274 g/mol. The van der Waals surface area contributed by atoms with Crippen LogP contribution in [0.15, 0.2) is 42.5 Å². The fourth-order valence-corrected chi connectivity index (χ4v) is 1.89. The molecular formula is C16H12F2O2. The Balaban J connectivity index is 1.83. The molecule has 1 fully saturated rings. The van der Waals surface area contributed by atoms with Crippen LogP contribution in [-0.2, 0) is 0 Å². The van der Waals surface area contributed by atoms with Crippen molar-refractivity contribution >= 4 is 5.78 Å². The zero-order valence-electron chi connectivity index (χ0n) is 10.6. The van der Waals surface area contributed by atoms with E-state index in [1.807, 2.05) is 0 Å². The zero-order valence-corrected chi connectivity index (χ0v) is 10.6. The molecule has 1 saturated carbocycles. The summed E-state index contributed by atoms with van der Waals surface area (Å²) in [7, 11) is 0. The Morgan fingerprint density at radius 1 is 1.05 bits per heavy atom. The molecule has 2 nitrogen and oxygen atoms in total. The third-order valence-electron chi connectivity index (χ3n) is 3.12. The molecule has 102 valence electrons. The van der Waals surface area contributed by atoms with Crippen LogP contribution in [0.5, 0.6) is 5.75 Å². The van der Waals surface area contributed by atoms with Gasteiger partial charge in [0.2, 0.25) is 0 Å². The molecule has 0 saturated heterocycles. The zero-order chi connectivity index (χ0) is 14.1. The van der Waals surface area contributed by atoms with Gasteiger partial charge in [-0.3, -0.25) is 4.79 Å². The van der Waals surface area contributed by atoms with Gasteiger partial charge < -0.3 is 4.74 Å². The molecule has 0 amide bonds. The molecule has 1 aliphatic carbocycles. The molecular weight excluding hydrogens is 262 g/mol. The lowest BCUT2D eigenvalue weighted by molar-refractivity contribution is 0.103. The normalized spacial score (nSPS) is 14.1. The van der Waals surface area contributed by atoms with E-state index in [-0.39, 0.29) is 11.7 Å². The fraction of sp³-hybridized carbons (Fsp3) is 0.188. The maximum atomic E-state index is 13.6. The minimum atomic E-state index is -0.727. The topological polar surface area (TPSA) is 26.3 Å². The van der Waals surface area contributed by atoms with Gasteiger partial charge in [-0.15, -0.1) is 0 Å². The highest BCUT2D eigenvalue weighted by Crippen LogP contribution is 2.27. The van der Waals surface area contributed by atoms with Crippen LogP contribution in [-0.4, -0.2) is 11.9 Å². The predicted molar refractivity (Wildman–Crippen MR) is 69.9 cm³/mol. The Morgan fingerprint density at radius 3 is 2.40 bits per heavy atom. The van der Waals surface area contributed by atoms with Gasteiger partial charge in [0.05, 0.1) is 11.7 Å². The molecule has 0 N–H and O–H groups in total. The van der Waals surface area contributed by atoms with Gasteiger partial charge in [0.25, 0.3) is 0 Å². The molecule has 0 unspecified atom stereocenters. The lowest BCUT2D eigenvalue weighted by Crippen LogP contribution is -2.05. The highest BCUT2D eigenvalue weighted by molar-refractivity contribution is 6.09. The SMILES string of the molecule is O=C(c1ccc(OC2CC2)cc1)c1cc(F)ccc1F. The molecule has 4 heteroatoms. The first-order valence-corrected chi connectivity index (χ1v) is 6.40. The van der Waals surface area contributed by atoms with Gasteiger partial charge in [-0.05, 0) is 55.3 Å². The summed E-state index contributed by atoms with van der Waals surface area (Å²) in [5.74, 6) is -1.22. The van der Waals surface area contributed by atoms with Crippen molar-refractivity contribution in [3.8, 4) is 5.75 Å². The molecule has 0 atom stereocenters. The van der Waals surface area contributed by atoms with Gasteiger partial charge in [-0.2, -0.15) is 0 Å². The van der Waals surface area contributed by atoms with E-state index in [4.69, 9.17) is 4.74 Å². The Kier molecular flexibility index (Phi) is 3.22. The number of hydrogen-bond acceptors (Lipinski definition) is 2. The third kappa shape index (κ3) is 2.69. The van der Waals surface area contributed by atoms with E-state index in [2.05, 4.69) is 0 Å². The van der Waals surface area contributed by atoms with Crippen LogP contribution in [0.4, 0.5) is 8.78 Å². The summed E-state index contributed by atoms with van der Waals surface area (Å²) in [6, 6.07) is 9.30. The van der Waals surface area contributed by atoms with E-state index in [9.17, 15) is 13.6 Å². The summed E-state index contributed by atoms with van der Waals surface area (Å²) in [6.07, 6.45) is 2.38. The molecule has 0 aromatic heterocycles. The monoisotopic (exact) mass is 274 g/mol. The lowest BCUT2D eigenvalue weighted by Gasteiger charge is -2.06. The lowest BCUT2D eigenvalue weighted by atomic mass is 10.0. The number of ketones is 1. The number of carbonyl (C=O) groups excluding carboxylic acids is 1. The van der Waals surface area contributed by atoms with E-state index in [1.165, 1.54) is 0 Å². The molecule has 0 radical (unpaired) electrons. The van der Waals surface area contributed by atoms with Crippen LogP contribution in [0.25, 0.3) is 0 Å². The number of ether oxygens (including phenoxy) is 1. The largest absolute Gasteiger partial charge is 0.490 e. The second-order valence-electron chi connectivity index (χ2n) is 4.79. The Labute approximate surface area is 115 Å². The van der Waals surface area contributed by atoms with Crippen molar-refractivity contribution in [1.82, 2.24) is 0 Å². The second kappa shape index (κ2) is 5.04. The van der Waals surface area contributed by atoms with Crippen molar-refractivity contribution in [2.75, 3.05) is 0 Å². The number of rotatable bonds is 4. The van der Waals surface area contributed by atoms with E-state index in [0.717, 1.165) is 31.0 Å². The van der Waals surface area contributed by atoms with Crippen molar-refractivity contribution in [1.29, 1.82) is 0 Å². The van der Waals surface area contributed by atoms with E-state index >= 15 is 0 Å². The summed E-state index contributed by atoms with van der Waals surface area (Å²) in [5.41, 5.74) is 0.0403. The molecule has 0 aliphatic heterocycles. The smallest absolute Gasteiger partial charge is 0.196 e. The summed E-state index contributed by atoms with van der Waals surface area (Å²) in [5, 5.41) is 0. The molecule has 0 spiro atoms. The predicted octanol–water partition coefficient (Wildman–Crippen LogP) is 3.74. The van der Waals surface area contributed by atoms with Gasteiger partial charge in [-0.25, -0.2) is 8.78 Å². The van der Waals surface area contributed by atoms with Gasteiger partial charge in [0, 0.05) is 5.56 Å². The van der Waals surface area contributed by atoms with Crippen molar-refractivity contribution in [2.45, 2.75) is 18.9 Å². The maximum absolute atomic E-state index is 13.6. The standard InChI is InChI=1S/C16H12F2O2/c17-11-3-8-15(18)14(9-11)16(19)10-1-4-12(5-2-10)20-13-6-7-13/h1-5,8-9,13H,6-7H2. The van der Waals surface area contributed by atoms with E-state index < -0.39 is 17.4 Å². The second-order valence-corrected chi connectivity index (χ2v) is 4.79. The Bertz CT molecular complexity index is 646. The molecule has 1 aliphatic rings. The van der Waals surface area contributed by atoms with Gasteiger partial charge in [-0.1, -0.05) is 0 Å². The van der Waals surface area contributed by atoms with Crippen LogP contribution < -0.4 is 4.74 Å². The summed E-state index contributed by atoms with van der Waals surface area (Å²) < 4.78 is 32.2. The van der Waals surface area contributed by atoms with Crippen LogP contribution in [0.3, 0.4) is 0 Å². The van der Waals surface area contributed by atoms with Gasteiger partial charge in [0.15, 0.2) is 5.78 Å². The summed E-state index contributed by atoms with van der Waals surface area (Å²) >= 11 is 0. The number of halogens is 2. The van der Waals surface area contributed by atoms with Crippen molar-refractivity contribution in [3.63, 3.8) is 0 Å². The molecule has 3 rings (SSSR count). The molecule has 0 heterocycles. The number of carbonyl (C=O) groups is 1. The Hall–Kier alpha value is -2.23. The third-order valence-corrected chi connectivity index (χ3v) is 3.12. The van der Waals surface area contributed by atoms with Gasteiger partial charge >= 0.3 is 0 Å². The first-order chi connectivity index (χ1) is 9.63. The minimum Gasteiger partial charge on any atom is -0.490 e. The molecule has 20 heavy (non-hydrogen) atoms. The fourth-order valence-electron chi connectivity index (χ4n) is 1.89. The van der Waals surface area contributed by atoms with E-state index in [1.54, 1.807) is 24.3 Å². The molecule has 2 aromatic rings. The first-order valence-electron chi connectivity index (χ1n) is 6.40. The minimum absolute atomic E-state index is 0.263. The average Bonchev–Trinajstić information content (AvgIpc) is 3.26. The van der Waals surface area contributed by atoms with Crippen LogP contribution in [0.1, 0.15) is 28.8 Å². The highest BCUT2D eigenvalue weighted by atomic mass is 19.1. The molecule has 0 bridgehead atoms. The Morgan fingerprint density at radius 2 is 1.75 bits per heavy atom. The van der Waals surface area contributed by atoms with E-state index in [0.29, 0.717) is 11.3 Å². The summed E-state index contributed by atoms with van der Waals surface area (Å²) in [6.45, 7) is 0. The van der Waals surface area contributed by atoms with Crippen LogP contribution in [0, 0.1) is 11.6 Å². The van der Waals surface area contributed by atoms with Crippen LogP contribution in [0.2, 0.25) is 0 Å². The summed E-state index contributed by atoms with van der Waals surface area (Å²) in [4.78, 5) is 12.1. The number of hydrogen-bond donors (Lipinski definition) is 0. The molecule has 2 aromatic carbocycles. The van der Waals surface area contributed by atoms with Crippen molar-refractivity contribution in [3.05, 3.63) is 65.2 Å². The van der Waals surface area contributed by atoms with Crippen LogP contribution >= 0.6 is 0 Å².